The molecule has 0 unspecified atom stereocenters. The second kappa shape index (κ2) is 7.14. The van der Waals surface area contributed by atoms with Crippen LogP contribution in [0.5, 0.6) is 0 Å². The molecule has 1 aromatic carbocycles. The summed E-state index contributed by atoms with van der Waals surface area (Å²) in [5.74, 6) is 0. The summed E-state index contributed by atoms with van der Waals surface area (Å²) >= 11 is 0. The first-order valence-corrected chi connectivity index (χ1v) is 6.89. The fourth-order valence-electron chi connectivity index (χ4n) is 2.27. The molecule has 0 saturated carbocycles. The summed E-state index contributed by atoms with van der Waals surface area (Å²) in [6.45, 7) is 1.34. The molecule has 1 saturated heterocycles. The molecule has 1 atom stereocenters. The lowest BCUT2D eigenvalue weighted by Gasteiger charge is -2.26. The maximum atomic E-state index is 12.0. The summed E-state index contributed by atoms with van der Waals surface area (Å²) in [6.07, 6.45) is 3.08. The van der Waals surface area contributed by atoms with Crippen LogP contribution >= 0.6 is 0 Å². The second-order valence-corrected chi connectivity index (χ2v) is 4.99. The van der Waals surface area contributed by atoms with Crippen LogP contribution in [0.3, 0.4) is 0 Å². The largest absolute Gasteiger partial charge is 0.445 e. The van der Waals surface area contributed by atoms with Gasteiger partial charge in [0.2, 0.25) is 0 Å². The Hall–Kier alpha value is -1.55. The van der Waals surface area contributed by atoms with Crippen molar-refractivity contribution in [2.45, 2.75) is 38.4 Å². The van der Waals surface area contributed by atoms with E-state index in [-0.39, 0.29) is 12.7 Å². The highest BCUT2D eigenvalue weighted by Crippen LogP contribution is 2.12. The third kappa shape index (κ3) is 4.56. The molecule has 0 bridgehead atoms. The number of amides is 1. The molecule has 1 heterocycles. The van der Waals surface area contributed by atoms with E-state index in [0.29, 0.717) is 13.1 Å². The Morgan fingerprint density at radius 2 is 2.05 bits per heavy atom. The van der Waals surface area contributed by atoms with Crippen LogP contribution in [0.2, 0.25) is 0 Å². The molecule has 1 aliphatic rings. The van der Waals surface area contributed by atoms with Gasteiger partial charge in [-0.3, -0.25) is 0 Å². The number of ether oxygens (including phenoxy) is 1. The Morgan fingerprint density at radius 3 is 2.84 bits per heavy atom. The van der Waals surface area contributed by atoms with Gasteiger partial charge < -0.3 is 14.7 Å². The summed E-state index contributed by atoms with van der Waals surface area (Å²) in [6, 6.07) is 9.62. The highest BCUT2D eigenvalue weighted by atomic mass is 16.6. The topological polar surface area (TPSA) is 49.8 Å². The predicted molar refractivity (Wildman–Crippen MR) is 72.7 cm³/mol. The van der Waals surface area contributed by atoms with Gasteiger partial charge in [0.25, 0.3) is 0 Å². The number of rotatable bonds is 2. The van der Waals surface area contributed by atoms with Gasteiger partial charge in [-0.25, -0.2) is 4.79 Å². The Balaban J connectivity index is 1.84. The standard InChI is InChI=1S/C15H21NO3/c17-14-9-5-2-6-10-16(11-14)15(18)19-12-13-7-3-1-4-8-13/h1,3-4,7-8,14,17H,2,5-6,9-12H2/t14-/m1/s1. The zero-order valence-corrected chi connectivity index (χ0v) is 11.1. The summed E-state index contributed by atoms with van der Waals surface area (Å²) < 4.78 is 5.29. The molecule has 4 nitrogen and oxygen atoms in total. The molecular weight excluding hydrogens is 242 g/mol. The first-order chi connectivity index (χ1) is 9.25. The first kappa shape index (κ1) is 13.9. The lowest BCUT2D eigenvalue weighted by Crippen LogP contribution is -2.39. The number of nitrogens with zero attached hydrogens (tertiary/aromatic N) is 1. The van der Waals surface area contributed by atoms with Gasteiger partial charge in [-0.1, -0.05) is 43.2 Å². The molecule has 1 N–H and O–H groups in total. The van der Waals surface area contributed by atoms with Gasteiger partial charge in [-0.2, -0.15) is 0 Å². The summed E-state index contributed by atoms with van der Waals surface area (Å²) in [7, 11) is 0. The van der Waals surface area contributed by atoms with Crippen molar-refractivity contribution in [3.8, 4) is 0 Å². The third-order valence-corrected chi connectivity index (χ3v) is 3.36. The van der Waals surface area contributed by atoms with E-state index >= 15 is 0 Å². The molecule has 0 aliphatic carbocycles. The monoisotopic (exact) mass is 263 g/mol. The van der Waals surface area contributed by atoms with Crippen molar-refractivity contribution in [1.82, 2.24) is 4.90 Å². The number of carbonyl (C=O) groups is 1. The molecule has 1 aromatic rings. The molecule has 19 heavy (non-hydrogen) atoms. The minimum Gasteiger partial charge on any atom is -0.445 e. The third-order valence-electron chi connectivity index (χ3n) is 3.36. The minimum atomic E-state index is -0.426. The van der Waals surface area contributed by atoms with Crippen LogP contribution in [-0.2, 0) is 11.3 Å². The molecule has 4 heteroatoms. The van der Waals surface area contributed by atoms with Crippen molar-refractivity contribution in [2.75, 3.05) is 13.1 Å². The van der Waals surface area contributed by atoms with E-state index in [1.165, 1.54) is 0 Å². The lowest BCUT2D eigenvalue weighted by atomic mass is 10.1. The first-order valence-electron chi connectivity index (χ1n) is 6.89. The Labute approximate surface area is 114 Å². The number of aliphatic hydroxyl groups is 1. The number of aliphatic hydroxyl groups excluding tert-OH is 1. The van der Waals surface area contributed by atoms with Crippen molar-refractivity contribution >= 4 is 6.09 Å². The maximum Gasteiger partial charge on any atom is 0.410 e. The Kier molecular flexibility index (Phi) is 5.21. The average molecular weight is 263 g/mol. The number of hydrogen-bond donors (Lipinski definition) is 1. The van der Waals surface area contributed by atoms with E-state index in [1.807, 2.05) is 30.3 Å². The van der Waals surface area contributed by atoms with Crippen LogP contribution in [0.25, 0.3) is 0 Å². The average Bonchev–Trinajstić information content (AvgIpc) is 2.41. The van der Waals surface area contributed by atoms with Crippen molar-refractivity contribution in [1.29, 1.82) is 0 Å². The number of β-amino-alcohol motifs (C(OH)–C–C–N with tert-alkyl or cyclic N) is 1. The highest BCUT2D eigenvalue weighted by molar-refractivity contribution is 5.67. The van der Waals surface area contributed by atoms with Gasteiger partial charge in [-0.05, 0) is 18.4 Å². The van der Waals surface area contributed by atoms with Crippen molar-refractivity contribution in [3.63, 3.8) is 0 Å². The normalized spacial score (nSPS) is 20.5. The molecule has 104 valence electrons. The maximum absolute atomic E-state index is 12.0. The smallest absolute Gasteiger partial charge is 0.410 e. The van der Waals surface area contributed by atoms with Crippen LogP contribution in [0.15, 0.2) is 30.3 Å². The molecule has 2 rings (SSSR count). The summed E-state index contributed by atoms with van der Waals surface area (Å²) in [5, 5.41) is 9.77. The van der Waals surface area contributed by atoms with Crippen molar-refractivity contribution in [2.24, 2.45) is 0 Å². The van der Waals surface area contributed by atoms with Crippen molar-refractivity contribution in [3.05, 3.63) is 35.9 Å². The van der Waals surface area contributed by atoms with Gasteiger partial charge in [0.05, 0.1) is 6.10 Å². The van der Waals surface area contributed by atoms with E-state index in [9.17, 15) is 9.90 Å². The molecular formula is C15H21NO3. The fraction of sp³-hybridized carbons (Fsp3) is 0.533. The zero-order valence-electron chi connectivity index (χ0n) is 11.1. The second-order valence-electron chi connectivity index (χ2n) is 4.99. The zero-order chi connectivity index (χ0) is 13.5. The van der Waals surface area contributed by atoms with E-state index in [0.717, 1.165) is 31.2 Å². The lowest BCUT2D eigenvalue weighted by molar-refractivity contribution is 0.0596. The van der Waals surface area contributed by atoms with Gasteiger partial charge >= 0.3 is 6.09 Å². The molecule has 1 aliphatic heterocycles. The van der Waals surface area contributed by atoms with E-state index in [4.69, 9.17) is 4.74 Å². The Bertz CT molecular complexity index is 394. The van der Waals surface area contributed by atoms with Crippen molar-refractivity contribution < 1.29 is 14.6 Å². The Morgan fingerprint density at radius 1 is 1.26 bits per heavy atom. The summed E-state index contributed by atoms with van der Waals surface area (Å²) in [5.41, 5.74) is 0.975. The quantitative estimate of drug-likeness (QED) is 0.892. The van der Waals surface area contributed by atoms with Crippen LogP contribution in [0.4, 0.5) is 4.79 Å². The minimum absolute atomic E-state index is 0.284. The molecule has 1 amide bonds. The molecule has 1 fully saturated rings. The summed E-state index contributed by atoms with van der Waals surface area (Å²) in [4.78, 5) is 13.6. The van der Waals surface area contributed by atoms with E-state index in [1.54, 1.807) is 4.90 Å². The number of benzene rings is 1. The highest BCUT2D eigenvalue weighted by Gasteiger charge is 2.20. The molecule has 0 aromatic heterocycles. The number of carbonyl (C=O) groups excluding carboxylic acids is 1. The van der Waals surface area contributed by atoms with Crippen LogP contribution < -0.4 is 0 Å². The van der Waals surface area contributed by atoms with Crippen LogP contribution in [-0.4, -0.2) is 35.3 Å². The van der Waals surface area contributed by atoms with Crippen LogP contribution in [0, 0.1) is 0 Å². The van der Waals surface area contributed by atoms with E-state index in [2.05, 4.69) is 0 Å². The van der Waals surface area contributed by atoms with Crippen LogP contribution in [0.1, 0.15) is 31.2 Å². The van der Waals surface area contributed by atoms with Gasteiger partial charge in [-0.15, -0.1) is 0 Å². The SMILES string of the molecule is O=C(OCc1ccccc1)N1CCCCC[C@@H](O)C1. The predicted octanol–water partition coefficient (Wildman–Crippen LogP) is 2.56. The molecule has 0 spiro atoms. The van der Waals surface area contributed by atoms with Gasteiger partial charge in [0, 0.05) is 13.1 Å². The van der Waals surface area contributed by atoms with E-state index < -0.39 is 6.10 Å². The number of hydrogen-bond acceptors (Lipinski definition) is 3. The van der Waals surface area contributed by atoms with Gasteiger partial charge in [0.1, 0.15) is 6.61 Å². The fourth-order valence-corrected chi connectivity index (χ4v) is 2.27. The molecule has 0 radical (unpaired) electrons. The van der Waals surface area contributed by atoms with Gasteiger partial charge in [0.15, 0.2) is 0 Å². The number of likely N-dealkylation sites (tertiary alicyclic amines) is 1.